The van der Waals surface area contributed by atoms with Crippen LogP contribution in [0.5, 0.6) is 0 Å². The molecule has 3 heteroatoms. The van der Waals surface area contributed by atoms with Gasteiger partial charge in [0.15, 0.2) is 5.82 Å². The van der Waals surface area contributed by atoms with Crippen molar-refractivity contribution in [1.82, 2.24) is 15.0 Å². The first-order chi connectivity index (χ1) is 10.0. The zero-order valence-electron chi connectivity index (χ0n) is 15.3. The summed E-state index contributed by atoms with van der Waals surface area (Å²) in [7, 11) is 0. The zero-order chi connectivity index (χ0) is 16.8. The Hall–Kier alpha value is -1.77. The van der Waals surface area contributed by atoms with E-state index in [4.69, 9.17) is 8.22 Å². The summed E-state index contributed by atoms with van der Waals surface area (Å²) in [5.41, 5.74) is -0.576. The lowest BCUT2D eigenvalue weighted by Crippen LogP contribution is -2.16. The maximum atomic E-state index is 7.94. The van der Waals surface area contributed by atoms with Crippen LogP contribution in [0.4, 0.5) is 0 Å². The van der Waals surface area contributed by atoms with Crippen LogP contribution in [0.15, 0.2) is 36.5 Å². The minimum absolute atomic E-state index is 0.0816. The summed E-state index contributed by atoms with van der Waals surface area (Å²) in [6, 6.07) is -2.18. The number of aromatic nitrogens is 3. The second kappa shape index (κ2) is 4.00. The molecule has 16 heavy (non-hydrogen) atoms. The fourth-order valence-corrected chi connectivity index (χ4v) is 1.08. The Balaban J connectivity index is 2.81. The summed E-state index contributed by atoms with van der Waals surface area (Å²) in [5, 5.41) is 0. The molecule has 0 N–H and O–H groups in total. The van der Waals surface area contributed by atoms with Crippen LogP contribution in [-0.2, 0) is 5.41 Å². The van der Waals surface area contributed by atoms with Crippen LogP contribution in [-0.4, -0.2) is 15.0 Å². The molecule has 0 saturated heterocycles. The maximum absolute atomic E-state index is 7.94. The van der Waals surface area contributed by atoms with Crippen molar-refractivity contribution < 1.29 is 8.22 Å². The van der Waals surface area contributed by atoms with Crippen molar-refractivity contribution in [3.63, 3.8) is 0 Å². The minimum atomic E-state index is -0.477. The van der Waals surface area contributed by atoms with Gasteiger partial charge in [-0.15, -0.1) is 0 Å². The Labute approximate surface area is 104 Å². The number of rotatable bonds is 1. The molecule has 0 saturated carbocycles. The lowest BCUT2D eigenvalue weighted by molar-refractivity contribution is 0.542. The number of hydrogen-bond acceptors (Lipinski definition) is 3. The summed E-state index contributed by atoms with van der Waals surface area (Å²) in [6.45, 7) is 5.56. The van der Waals surface area contributed by atoms with Gasteiger partial charge in [0.1, 0.15) is 13.5 Å². The third-order valence-corrected chi connectivity index (χ3v) is 1.92. The van der Waals surface area contributed by atoms with Gasteiger partial charge in [0.25, 0.3) is 0 Å². The van der Waals surface area contributed by atoms with E-state index in [1.807, 2.05) is 20.8 Å². The van der Waals surface area contributed by atoms with Crippen molar-refractivity contribution in [1.29, 1.82) is 0 Å². The van der Waals surface area contributed by atoms with E-state index in [1.54, 1.807) is 0 Å². The van der Waals surface area contributed by atoms with Gasteiger partial charge in [-0.2, -0.15) is 0 Å². The zero-order valence-corrected chi connectivity index (χ0v) is 9.34. The van der Waals surface area contributed by atoms with Gasteiger partial charge >= 0.3 is 0 Å². The summed E-state index contributed by atoms with van der Waals surface area (Å²) in [5.74, 6) is 0.247. The first-order valence-corrected chi connectivity index (χ1v) is 4.84. The number of benzene rings is 1. The van der Waals surface area contributed by atoms with E-state index in [0.29, 0.717) is 5.82 Å². The van der Waals surface area contributed by atoms with Crippen LogP contribution < -0.4 is 0 Å². The van der Waals surface area contributed by atoms with Crippen LogP contribution in [0.3, 0.4) is 0 Å². The van der Waals surface area contributed by atoms with E-state index < -0.39 is 35.6 Å². The molecule has 0 unspecified atom stereocenters. The van der Waals surface area contributed by atoms with Crippen molar-refractivity contribution in [2.24, 2.45) is 0 Å². The van der Waals surface area contributed by atoms with Crippen LogP contribution in [0.25, 0.3) is 11.4 Å². The van der Waals surface area contributed by atoms with Gasteiger partial charge in [0, 0.05) is 11.0 Å². The molecule has 82 valence electrons. The van der Waals surface area contributed by atoms with Crippen LogP contribution in [0.1, 0.15) is 34.8 Å². The quantitative estimate of drug-likeness (QED) is 0.740. The summed E-state index contributed by atoms with van der Waals surface area (Å²) in [4.78, 5) is 12.0. The van der Waals surface area contributed by atoms with Gasteiger partial charge in [-0.05, 0) is 0 Å². The largest absolute Gasteiger partial charge is 0.221 e. The molecule has 0 bridgehead atoms. The monoisotopic (exact) mass is 219 g/mol. The highest BCUT2D eigenvalue weighted by Gasteiger charge is 2.17. The highest BCUT2D eigenvalue weighted by Crippen LogP contribution is 2.20. The van der Waals surface area contributed by atoms with Gasteiger partial charge in [-0.25, -0.2) is 15.0 Å². The fraction of sp³-hybridized carbons (Fsp3) is 0.308. The first-order valence-electron chi connectivity index (χ1n) is 7.84. The lowest BCUT2D eigenvalue weighted by Gasteiger charge is -2.16. The summed E-state index contributed by atoms with van der Waals surface area (Å²) < 4.78 is 46.5. The molecule has 1 aromatic carbocycles. The minimum Gasteiger partial charge on any atom is -0.221 e. The average molecular weight is 219 g/mol. The van der Waals surface area contributed by atoms with Gasteiger partial charge in [0.05, 0.1) is 6.85 Å². The maximum Gasteiger partial charge on any atom is 0.163 e. The van der Waals surface area contributed by atoms with Crippen LogP contribution >= 0.6 is 0 Å². The predicted octanol–water partition coefficient (Wildman–Crippen LogP) is 2.84. The number of nitrogens with zero attached hydrogens (tertiary/aromatic N) is 3. The van der Waals surface area contributed by atoms with Crippen LogP contribution in [0.2, 0.25) is 0 Å². The Morgan fingerprint density at radius 3 is 2.38 bits per heavy atom. The Morgan fingerprint density at radius 1 is 1.06 bits per heavy atom. The second-order valence-electron chi connectivity index (χ2n) is 4.33. The topological polar surface area (TPSA) is 38.7 Å². The molecule has 1 aromatic heterocycles. The highest BCUT2D eigenvalue weighted by atomic mass is 15.0. The Morgan fingerprint density at radius 2 is 1.75 bits per heavy atom. The van der Waals surface area contributed by atoms with E-state index >= 15 is 0 Å². The Bertz CT molecular complexity index is 725. The first kappa shape index (κ1) is 5.53. The SMILES string of the molecule is [2H]c1nc(-c2c([2H])c([2H])c([2H])c([2H])c2[2H])nc(C(C)(C)C)n1. The molecule has 0 fully saturated rings. The van der Waals surface area contributed by atoms with Gasteiger partial charge in [0.2, 0.25) is 0 Å². The molecule has 0 amide bonds. The van der Waals surface area contributed by atoms with Crippen LogP contribution in [0, 0.1) is 0 Å². The molecular formula is C13H15N3. The molecule has 2 aromatic rings. The highest BCUT2D eigenvalue weighted by molar-refractivity contribution is 5.53. The molecule has 0 atom stereocenters. The Kier molecular flexibility index (Phi) is 1.38. The molecule has 0 aliphatic rings. The van der Waals surface area contributed by atoms with Gasteiger partial charge in [-0.3, -0.25) is 0 Å². The van der Waals surface area contributed by atoms with Gasteiger partial charge in [-0.1, -0.05) is 51.0 Å². The normalized spacial score (nSPS) is 16.7. The molecule has 0 spiro atoms. The molecule has 1 heterocycles. The average Bonchev–Trinajstić information content (AvgIpc) is 2.42. The van der Waals surface area contributed by atoms with E-state index in [1.165, 1.54) is 0 Å². The smallest absolute Gasteiger partial charge is 0.163 e. The van der Waals surface area contributed by atoms with E-state index in [0.717, 1.165) is 0 Å². The number of hydrogen-bond donors (Lipinski definition) is 0. The summed E-state index contributed by atoms with van der Waals surface area (Å²) >= 11 is 0. The molecule has 0 aliphatic carbocycles. The molecule has 2 rings (SSSR count). The molecular weight excluding hydrogens is 198 g/mol. The molecule has 0 radical (unpaired) electrons. The molecule has 0 aliphatic heterocycles. The standard InChI is InChI=1S/C13H15N3/c1-13(2,3)12-15-9-14-11(16-12)10-7-5-4-6-8-10/h4-9H,1-3H3/i4D,5D,6D,7D,8D,9D. The molecule has 3 nitrogen and oxygen atoms in total. The van der Waals surface area contributed by atoms with Crippen molar-refractivity contribution in [3.8, 4) is 11.4 Å². The predicted molar refractivity (Wildman–Crippen MR) is 64.0 cm³/mol. The second-order valence-corrected chi connectivity index (χ2v) is 4.33. The van der Waals surface area contributed by atoms with Crippen molar-refractivity contribution in [3.05, 3.63) is 42.3 Å². The third kappa shape index (κ3) is 2.24. The van der Waals surface area contributed by atoms with E-state index in [9.17, 15) is 0 Å². The third-order valence-electron chi connectivity index (χ3n) is 1.92. The van der Waals surface area contributed by atoms with E-state index in [2.05, 4.69) is 15.0 Å². The van der Waals surface area contributed by atoms with Crippen molar-refractivity contribution in [2.45, 2.75) is 26.2 Å². The lowest BCUT2D eigenvalue weighted by atomic mass is 9.96. The summed E-state index contributed by atoms with van der Waals surface area (Å²) in [6.07, 6.45) is -0.304. The van der Waals surface area contributed by atoms with Gasteiger partial charge < -0.3 is 0 Å². The van der Waals surface area contributed by atoms with E-state index in [-0.39, 0.29) is 17.7 Å². The fourth-order valence-electron chi connectivity index (χ4n) is 1.08. The van der Waals surface area contributed by atoms with Crippen molar-refractivity contribution in [2.75, 3.05) is 0 Å². The van der Waals surface area contributed by atoms with Crippen molar-refractivity contribution >= 4 is 0 Å².